The minimum atomic E-state index is 0.844. The second kappa shape index (κ2) is 3.42. The fourth-order valence-electron chi connectivity index (χ4n) is 1.68. The first kappa shape index (κ1) is 9.54. The third-order valence-electron chi connectivity index (χ3n) is 2.51. The lowest BCUT2D eigenvalue weighted by molar-refractivity contribution is 0.415. The van der Waals surface area contributed by atoms with Crippen molar-refractivity contribution >= 4 is 22.7 Å². The van der Waals surface area contributed by atoms with E-state index in [1.165, 1.54) is 0 Å². The third kappa shape index (κ3) is 1.34. The van der Waals surface area contributed by atoms with Crippen LogP contribution in [0.3, 0.4) is 0 Å². The van der Waals surface area contributed by atoms with E-state index in [2.05, 4.69) is 9.98 Å². The molecule has 1 aliphatic heterocycles. The molecule has 1 aromatic heterocycles. The number of fused-ring (bicyclic) bond motifs is 1. The number of hydrogen-bond donors (Lipinski definition) is 0. The van der Waals surface area contributed by atoms with E-state index in [1.807, 2.05) is 30.5 Å². The van der Waals surface area contributed by atoms with Gasteiger partial charge in [0.25, 0.3) is 0 Å². The average Bonchev–Trinajstić information content (AvgIpc) is 2.66. The molecule has 0 saturated heterocycles. The van der Waals surface area contributed by atoms with E-state index in [-0.39, 0.29) is 0 Å². The summed E-state index contributed by atoms with van der Waals surface area (Å²) in [7, 11) is 1.66. The Labute approximate surface area is 97.4 Å². The van der Waals surface area contributed by atoms with Gasteiger partial charge >= 0.3 is 0 Å². The van der Waals surface area contributed by atoms with Gasteiger partial charge < -0.3 is 4.74 Å². The fraction of sp³-hybridized carbons (Fsp3) is 0.167. The van der Waals surface area contributed by atoms with E-state index in [0.717, 1.165) is 33.4 Å². The highest BCUT2D eigenvalue weighted by molar-refractivity contribution is 7.12. The molecule has 4 heteroatoms. The van der Waals surface area contributed by atoms with Gasteiger partial charge in [0.1, 0.15) is 16.5 Å². The maximum absolute atomic E-state index is 5.15. The van der Waals surface area contributed by atoms with Gasteiger partial charge in [-0.05, 0) is 19.1 Å². The summed E-state index contributed by atoms with van der Waals surface area (Å²) >= 11 is 1.63. The van der Waals surface area contributed by atoms with Crippen LogP contribution in [-0.2, 0) is 0 Å². The second-order valence-corrected chi connectivity index (χ2v) is 4.50. The van der Waals surface area contributed by atoms with Crippen molar-refractivity contribution in [2.45, 2.75) is 6.92 Å². The molecule has 0 saturated carbocycles. The molecule has 0 spiro atoms. The number of benzene rings is 1. The van der Waals surface area contributed by atoms with Crippen LogP contribution in [0.4, 0.5) is 5.69 Å². The lowest BCUT2D eigenvalue weighted by Gasteiger charge is -2.17. The molecular formula is C12H10N2OS. The van der Waals surface area contributed by atoms with Gasteiger partial charge in [0.05, 0.1) is 12.8 Å². The van der Waals surface area contributed by atoms with Crippen LogP contribution < -0.4 is 4.74 Å². The first-order valence-corrected chi connectivity index (χ1v) is 5.85. The number of ether oxygens (including phenoxy) is 1. The van der Waals surface area contributed by atoms with E-state index in [0.29, 0.717) is 0 Å². The average molecular weight is 230 g/mol. The fourth-order valence-corrected chi connectivity index (χ4v) is 2.48. The highest BCUT2D eigenvalue weighted by Gasteiger charge is 2.22. The molecule has 3 rings (SSSR count). The normalized spacial score (nSPS) is 12.8. The minimum Gasteiger partial charge on any atom is -0.497 e. The first-order valence-electron chi connectivity index (χ1n) is 4.97. The summed E-state index contributed by atoms with van der Waals surface area (Å²) in [5.74, 6) is 0.844. The van der Waals surface area contributed by atoms with Crippen LogP contribution in [-0.4, -0.2) is 17.8 Å². The highest BCUT2D eigenvalue weighted by atomic mass is 32.1. The second-order valence-electron chi connectivity index (χ2n) is 3.64. The van der Waals surface area contributed by atoms with Crippen molar-refractivity contribution in [3.05, 3.63) is 39.8 Å². The van der Waals surface area contributed by atoms with Crippen molar-refractivity contribution < 1.29 is 4.74 Å². The quantitative estimate of drug-likeness (QED) is 0.678. The summed E-state index contributed by atoms with van der Waals surface area (Å²) in [4.78, 5) is 8.89. The number of aryl methyl sites for hydroxylation is 1. The van der Waals surface area contributed by atoms with E-state index >= 15 is 0 Å². The van der Waals surface area contributed by atoms with Crippen LogP contribution in [0.1, 0.15) is 16.3 Å². The summed E-state index contributed by atoms with van der Waals surface area (Å²) < 4.78 is 5.15. The van der Waals surface area contributed by atoms with Crippen molar-refractivity contribution in [3.8, 4) is 5.75 Å². The van der Waals surface area contributed by atoms with Crippen LogP contribution in [0.15, 0.2) is 28.6 Å². The summed E-state index contributed by atoms with van der Waals surface area (Å²) in [6.45, 7) is 1.99. The standard InChI is InChI=1S/C12H10N2OS/c1-7-6-16-12(13-7)11-9-4-3-8(15-2)5-10(9)14-11/h3-6H,1-2H3. The van der Waals surface area contributed by atoms with Crippen molar-refractivity contribution in [1.29, 1.82) is 0 Å². The third-order valence-corrected chi connectivity index (χ3v) is 3.48. The molecule has 1 aromatic carbocycles. The smallest absolute Gasteiger partial charge is 0.142 e. The zero-order valence-corrected chi connectivity index (χ0v) is 9.84. The molecule has 0 N–H and O–H groups in total. The van der Waals surface area contributed by atoms with Crippen LogP contribution in [0.2, 0.25) is 0 Å². The summed E-state index contributed by atoms with van der Waals surface area (Å²) in [5, 5.41) is 3.04. The Hall–Kier alpha value is -1.68. The van der Waals surface area contributed by atoms with Crippen molar-refractivity contribution in [2.75, 3.05) is 7.11 Å². The van der Waals surface area contributed by atoms with E-state index < -0.39 is 0 Å². The molecule has 80 valence electrons. The number of methoxy groups -OCH3 is 1. The molecule has 2 aromatic rings. The van der Waals surface area contributed by atoms with Gasteiger partial charge in [-0.3, -0.25) is 0 Å². The van der Waals surface area contributed by atoms with Crippen molar-refractivity contribution in [1.82, 2.24) is 4.98 Å². The Morgan fingerprint density at radius 3 is 2.81 bits per heavy atom. The van der Waals surface area contributed by atoms with Gasteiger partial charge in [-0.25, -0.2) is 9.98 Å². The van der Waals surface area contributed by atoms with E-state index in [9.17, 15) is 0 Å². The number of hydrogen-bond acceptors (Lipinski definition) is 4. The predicted molar refractivity (Wildman–Crippen MR) is 65.1 cm³/mol. The zero-order chi connectivity index (χ0) is 11.1. The van der Waals surface area contributed by atoms with E-state index in [1.54, 1.807) is 18.4 Å². The van der Waals surface area contributed by atoms with Crippen LogP contribution in [0.25, 0.3) is 0 Å². The minimum absolute atomic E-state index is 0.844. The molecule has 16 heavy (non-hydrogen) atoms. The number of nitrogens with zero attached hydrogens (tertiary/aromatic N) is 2. The molecule has 3 nitrogen and oxygen atoms in total. The maximum atomic E-state index is 5.15. The van der Waals surface area contributed by atoms with Gasteiger partial charge in [-0.1, -0.05) is 0 Å². The van der Waals surface area contributed by atoms with Crippen molar-refractivity contribution in [2.24, 2.45) is 4.99 Å². The SMILES string of the molecule is COc1ccc2c(c1)N=C2c1nc(C)cs1. The number of aliphatic imine (C=N–C) groups is 1. The summed E-state index contributed by atoms with van der Waals surface area (Å²) in [6.07, 6.45) is 0. The number of thiazole rings is 1. The Kier molecular flexibility index (Phi) is 2.04. The zero-order valence-electron chi connectivity index (χ0n) is 9.02. The predicted octanol–water partition coefficient (Wildman–Crippen LogP) is 2.94. The molecule has 0 fully saturated rings. The molecule has 2 heterocycles. The molecule has 1 aliphatic rings. The molecule has 0 aliphatic carbocycles. The van der Waals surface area contributed by atoms with Crippen LogP contribution in [0.5, 0.6) is 5.75 Å². The van der Waals surface area contributed by atoms with Crippen LogP contribution in [0, 0.1) is 6.92 Å². The summed E-state index contributed by atoms with van der Waals surface area (Å²) in [6, 6.07) is 5.93. The van der Waals surface area contributed by atoms with Gasteiger partial charge in [0, 0.05) is 22.7 Å². The van der Waals surface area contributed by atoms with E-state index in [4.69, 9.17) is 4.74 Å². The first-order chi connectivity index (χ1) is 7.78. The van der Waals surface area contributed by atoms with Gasteiger partial charge in [0.2, 0.25) is 0 Å². The van der Waals surface area contributed by atoms with Gasteiger partial charge in [-0.2, -0.15) is 0 Å². The number of aromatic nitrogens is 1. The van der Waals surface area contributed by atoms with Gasteiger partial charge in [0.15, 0.2) is 0 Å². The monoisotopic (exact) mass is 230 g/mol. The lowest BCUT2D eigenvalue weighted by atomic mass is 10.0. The molecule has 0 amide bonds. The van der Waals surface area contributed by atoms with Gasteiger partial charge in [-0.15, -0.1) is 11.3 Å². The molecule has 0 atom stereocenters. The highest BCUT2D eigenvalue weighted by Crippen LogP contribution is 2.36. The maximum Gasteiger partial charge on any atom is 0.142 e. The Morgan fingerprint density at radius 2 is 2.19 bits per heavy atom. The Bertz CT molecular complexity index is 586. The number of rotatable bonds is 2. The molecular weight excluding hydrogens is 220 g/mol. The Balaban J connectivity index is 1.98. The lowest BCUT2D eigenvalue weighted by Crippen LogP contribution is -2.10. The molecule has 0 bridgehead atoms. The van der Waals surface area contributed by atoms with Crippen molar-refractivity contribution in [3.63, 3.8) is 0 Å². The largest absolute Gasteiger partial charge is 0.497 e. The Morgan fingerprint density at radius 1 is 1.31 bits per heavy atom. The molecule has 0 radical (unpaired) electrons. The molecule has 0 unspecified atom stereocenters. The summed E-state index contributed by atoms with van der Waals surface area (Å²) in [5.41, 5.74) is 4.19. The van der Waals surface area contributed by atoms with Crippen LogP contribution >= 0.6 is 11.3 Å². The topological polar surface area (TPSA) is 34.5 Å².